The highest BCUT2D eigenvalue weighted by atomic mass is 32.2. The summed E-state index contributed by atoms with van der Waals surface area (Å²) in [5.74, 6) is 5.40. The van der Waals surface area contributed by atoms with Crippen molar-refractivity contribution >= 4 is 16.8 Å². The van der Waals surface area contributed by atoms with Gasteiger partial charge < -0.3 is 14.6 Å². The van der Waals surface area contributed by atoms with Crippen LogP contribution in [0.3, 0.4) is 0 Å². The Balaban J connectivity index is 1.10. The minimum absolute atomic E-state index is 0.0363. The molecule has 10 atom stereocenters. The van der Waals surface area contributed by atoms with Crippen LogP contribution in [0.25, 0.3) is 0 Å². The number of carbonyl (C=O) groups is 1. The monoisotopic (exact) mass is 536 g/mol. The summed E-state index contributed by atoms with van der Waals surface area (Å²) in [6, 6.07) is 0. The quantitative estimate of drug-likeness (QED) is 0.380. The molecule has 0 radical (unpaired) electrons. The summed E-state index contributed by atoms with van der Waals surface area (Å²) >= 11 is 0. The third-order valence-corrected chi connectivity index (χ3v) is 13.8. The highest BCUT2D eigenvalue weighted by Gasteiger charge is 2.60. The van der Waals surface area contributed by atoms with E-state index in [-0.39, 0.29) is 24.1 Å². The van der Waals surface area contributed by atoms with Gasteiger partial charge in [0.2, 0.25) is 0 Å². The first-order valence-electron chi connectivity index (χ1n) is 15.3. The van der Waals surface area contributed by atoms with E-state index in [9.17, 15) is 14.1 Å². The lowest BCUT2D eigenvalue weighted by atomic mass is 9.44. The van der Waals surface area contributed by atoms with E-state index in [1.54, 1.807) is 0 Å². The Labute approximate surface area is 227 Å². The van der Waals surface area contributed by atoms with Crippen molar-refractivity contribution in [3.8, 4) is 0 Å². The summed E-state index contributed by atoms with van der Waals surface area (Å²) in [6.07, 6.45) is 12.6. The Morgan fingerprint density at radius 1 is 1.03 bits per heavy atom. The van der Waals surface area contributed by atoms with Crippen LogP contribution >= 0.6 is 0 Å². The zero-order valence-electron chi connectivity index (χ0n) is 23.8. The Bertz CT molecular complexity index is 857. The predicted octanol–water partition coefficient (Wildman–Crippen LogP) is 5.75. The van der Waals surface area contributed by atoms with Crippen LogP contribution in [0.2, 0.25) is 0 Å². The Hall–Kier alpha value is -0.460. The fourth-order valence-corrected chi connectivity index (χ4v) is 11.4. The van der Waals surface area contributed by atoms with Crippen molar-refractivity contribution in [1.29, 1.82) is 0 Å². The lowest BCUT2D eigenvalue weighted by molar-refractivity contribution is -0.143. The van der Waals surface area contributed by atoms with Crippen molar-refractivity contribution in [3.05, 3.63) is 0 Å². The van der Waals surface area contributed by atoms with E-state index >= 15 is 0 Å². The zero-order chi connectivity index (χ0) is 26.4. The average Bonchev–Trinajstić information content (AvgIpc) is 3.19. The minimum Gasteiger partial charge on any atom is -0.465 e. The van der Waals surface area contributed by atoms with Gasteiger partial charge in [-0.05, 0) is 111 Å². The maximum Gasteiger partial charge on any atom is 0.305 e. The van der Waals surface area contributed by atoms with Crippen LogP contribution in [-0.4, -0.2) is 52.7 Å². The molecule has 212 valence electrons. The van der Waals surface area contributed by atoms with Gasteiger partial charge in [-0.1, -0.05) is 27.7 Å². The summed E-state index contributed by atoms with van der Waals surface area (Å²) in [4.78, 5) is 12.5. The maximum atomic E-state index is 12.5. The Kier molecular flexibility index (Phi) is 8.23. The van der Waals surface area contributed by atoms with Crippen molar-refractivity contribution in [1.82, 2.24) is 0 Å². The van der Waals surface area contributed by atoms with Crippen LogP contribution in [0, 0.1) is 51.8 Å². The van der Waals surface area contributed by atoms with E-state index in [2.05, 4.69) is 27.7 Å². The van der Waals surface area contributed by atoms with Crippen LogP contribution < -0.4 is 0 Å². The number of hydrogen-bond donors (Lipinski definition) is 1. The highest BCUT2D eigenvalue weighted by molar-refractivity contribution is 7.85. The van der Waals surface area contributed by atoms with Gasteiger partial charge in [0.05, 0.1) is 25.1 Å². The van der Waals surface area contributed by atoms with Crippen molar-refractivity contribution in [2.45, 2.75) is 104 Å². The number of aliphatic hydroxyl groups excluding tert-OH is 1. The lowest BCUT2D eigenvalue weighted by Gasteiger charge is -2.61. The first-order chi connectivity index (χ1) is 17.5. The van der Waals surface area contributed by atoms with Gasteiger partial charge in [0.1, 0.15) is 6.61 Å². The van der Waals surface area contributed by atoms with Crippen molar-refractivity contribution in [3.63, 3.8) is 0 Å². The summed E-state index contributed by atoms with van der Waals surface area (Å²) in [6.45, 7) is 11.3. The van der Waals surface area contributed by atoms with Crippen LogP contribution in [0.4, 0.5) is 0 Å². The van der Waals surface area contributed by atoms with Gasteiger partial charge in [0.25, 0.3) is 0 Å². The lowest BCUT2D eigenvalue weighted by Crippen LogP contribution is -2.54. The number of fused-ring (bicyclic) bond motifs is 5. The van der Waals surface area contributed by atoms with Crippen molar-refractivity contribution in [2.24, 2.45) is 51.8 Å². The normalized spacial score (nSPS) is 44.0. The second-order valence-electron chi connectivity index (χ2n) is 14.6. The van der Waals surface area contributed by atoms with Gasteiger partial charge in [0, 0.05) is 28.4 Å². The first kappa shape index (κ1) is 28.1. The van der Waals surface area contributed by atoms with Gasteiger partial charge in [-0.2, -0.15) is 0 Å². The number of carbonyl (C=O) groups excluding carboxylic acids is 1. The van der Waals surface area contributed by atoms with Gasteiger partial charge >= 0.3 is 5.97 Å². The maximum absolute atomic E-state index is 12.5. The molecule has 1 aliphatic heterocycles. The zero-order valence-corrected chi connectivity index (χ0v) is 24.7. The third-order valence-electron chi connectivity index (χ3n) is 12.2. The molecular weight excluding hydrogens is 484 g/mol. The van der Waals surface area contributed by atoms with Crippen LogP contribution in [0.5, 0.6) is 0 Å². The third kappa shape index (κ3) is 5.46. The number of rotatable bonds is 9. The van der Waals surface area contributed by atoms with E-state index in [1.165, 1.54) is 44.9 Å². The topological polar surface area (TPSA) is 72.8 Å². The second kappa shape index (κ2) is 10.8. The molecule has 0 bridgehead atoms. The molecule has 6 heteroatoms. The Morgan fingerprint density at radius 3 is 2.49 bits per heavy atom. The molecule has 0 amide bonds. The number of esters is 1. The molecular formula is C31H52O5S. The molecule has 1 N–H and O–H groups in total. The van der Waals surface area contributed by atoms with Crippen molar-refractivity contribution < 1.29 is 23.6 Å². The van der Waals surface area contributed by atoms with E-state index < -0.39 is 10.8 Å². The molecule has 37 heavy (non-hydrogen) atoms. The molecule has 0 aromatic carbocycles. The largest absolute Gasteiger partial charge is 0.465 e. The average molecular weight is 537 g/mol. The molecule has 5 nitrogen and oxygen atoms in total. The molecule has 5 aliphatic rings. The van der Waals surface area contributed by atoms with Gasteiger partial charge in [-0.25, -0.2) is 0 Å². The number of aliphatic hydroxyl groups is 1. The second-order valence-corrected chi connectivity index (χ2v) is 16.2. The Morgan fingerprint density at radius 2 is 1.76 bits per heavy atom. The fourth-order valence-electron chi connectivity index (χ4n) is 10.1. The smallest absolute Gasteiger partial charge is 0.305 e. The highest BCUT2D eigenvalue weighted by Crippen LogP contribution is 2.68. The summed E-state index contributed by atoms with van der Waals surface area (Å²) in [7, 11) is -0.960. The van der Waals surface area contributed by atoms with E-state index in [4.69, 9.17) is 9.47 Å². The molecule has 5 fully saturated rings. The van der Waals surface area contributed by atoms with Gasteiger partial charge in [-0.15, -0.1) is 0 Å². The summed E-state index contributed by atoms with van der Waals surface area (Å²) < 4.78 is 23.0. The number of hydrogen-bond acceptors (Lipinski definition) is 5. The standard InChI is InChI=1S/C31H52O5S/c1-21(5-10-28(33)36-15-16-37(34)20-29(2)18-35-19-29)25-8-9-26-24-7-6-22-17-23(32)11-13-30(22,3)27(24)12-14-31(25,26)4/h21-27,32H,5-20H2,1-4H3/t21-,22-,23-,24+,25-,26+,27+,30+,31-,37?/m1/s1. The van der Waals surface area contributed by atoms with E-state index in [0.717, 1.165) is 42.9 Å². The summed E-state index contributed by atoms with van der Waals surface area (Å²) in [5, 5.41) is 10.3. The van der Waals surface area contributed by atoms with E-state index in [1.807, 2.05) is 0 Å². The molecule has 1 unspecified atom stereocenters. The molecule has 4 saturated carbocycles. The van der Waals surface area contributed by atoms with Gasteiger partial charge in [-0.3, -0.25) is 9.00 Å². The van der Waals surface area contributed by atoms with Crippen LogP contribution in [0.15, 0.2) is 0 Å². The van der Waals surface area contributed by atoms with Crippen LogP contribution in [-0.2, 0) is 25.1 Å². The van der Waals surface area contributed by atoms with Crippen molar-refractivity contribution in [2.75, 3.05) is 31.3 Å². The first-order valence-corrected chi connectivity index (χ1v) is 16.8. The van der Waals surface area contributed by atoms with Crippen LogP contribution in [0.1, 0.15) is 98.3 Å². The molecule has 0 aromatic rings. The molecule has 4 aliphatic carbocycles. The molecule has 1 heterocycles. The molecule has 1 saturated heterocycles. The van der Waals surface area contributed by atoms with Gasteiger partial charge in [0.15, 0.2) is 0 Å². The van der Waals surface area contributed by atoms with E-state index in [0.29, 0.717) is 53.8 Å². The predicted molar refractivity (Wildman–Crippen MR) is 147 cm³/mol. The summed E-state index contributed by atoms with van der Waals surface area (Å²) in [5.41, 5.74) is 0.874. The number of ether oxygens (including phenoxy) is 2. The SMILES string of the molecule is C[C@H](CCC(=O)OCCS(=O)CC1(C)COC1)[C@H]1CC[C@H]2[C@@H]3CC[C@@H]4C[C@H](O)CC[C@]4(C)[C@H]3CC[C@]12C. The fraction of sp³-hybridized carbons (Fsp3) is 0.968. The molecule has 0 spiro atoms. The molecule has 5 rings (SSSR count). The molecule has 0 aromatic heterocycles. The minimum atomic E-state index is -0.960.